The van der Waals surface area contributed by atoms with Gasteiger partial charge < -0.3 is 9.64 Å². The highest BCUT2D eigenvalue weighted by Gasteiger charge is 2.47. The summed E-state index contributed by atoms with van der Waals surface area (Å²) in [5.41, 5.74) is 0.977. The zero-order valence-electron chi connectivity index (χ0n) is 13.6. The van der Waals surface area contributed by atoms with Gasteiger partial charge in [0.1, 0.15) is 5.75 Å². The van der Waals surface area contributed by atoms with Crippen molar-refractivity contribution in [2.75, 3.05) is 29.3 Å². The number of benzene rings is 1. The van der Waals surface area contributed by atoms with Crippen molar-refractivity contribution in [1.29, 1.82) is 0 Å². The molecule has 1 aromatic rings. The predicted molar refractivity (Wildman–Crippen MR) is 96.4 cm³/mol. The van der Waals surface area contributed by atoms with Gasteiger partial charge in [0, 0.05) is 11.4 Å². The van der Waals surface area contributed by atoms with Crippen LogP contribution in [0.2, 0.25) is 0 Å². The van der Waals surface area contributed by atoms with Crippen LogP contribution in [0.15, 0.2) is 29.3 Å². The average Bonchev–Trinajstić information content (AvgIpc) is 2.96. The lowest BCUT2D eigenvalue weighted by Crippen LogP contribution is -2.39. The molecular weight excluding hydrogens is 332 g/mol. The molecule has 5 nitrogen and oxygen atoms in total. The fourth-order valence-corrected chi connectivity index (χ4v) is 5.84. The quantitative estimate of drug-likeness (QED) is 0.831. The zero-order valence-corrected chi connectivity index (χ0v) is 15.2. The van der Waals surface area contributed by atoms with Crippen molar-refractivity contribution in [2.24, 2.45) is 10.9 Å². The van der Waals surface area contributed by atoms with Gasteiger partial charge in [-0.3, -0.25) is 4.99 Å². The number of hydrogen-bond donors (Lipinski definition) is 0. The Morgan fingerprint density at radius 2 is 2.00 bits per heavy atom. The Kier molecular flexibility index (Phi) is 4.60. The lowest BCUT2D eigenvalue weighted by atomic mass is 10.1. The molecule has 3 rings (SSSR count). The molecule has 0 amide bonds. The second-order valence-corrected chi connectivity index (χ2v) is 9.54. The number of thioether (sulfide) groups is 1. The predicted octanol–water partition coefficient (Wildman–Crippen LogP) is 2.43. The van der Waals surface area contributed by atoms with Gasteiger partial charge in [0.05, 0.1) is 30.7 Å². The molecule has 0 bridgehead atoms. The summed E-state index contributed by atoms with van der Waals surface area (Å²) in [5, 5.41) is 0.939. The monoisotopic (exact) mass is 354 g/mol. The van der Waals surface area contributed by atoms with Crippen LogP contribution in [0.25, 0.3) is 0 Å². The normalized spacial score (nSPS) is 25.6. The van der Waals surface area contributed by atoms with Gasteiger partial charge in [-0.05, 0) is 30.2 Å². The largest absolute Gasteiger partial charge is 0.497 e. The number of nitrogens with zero attached hydrogens (tertiary/aromatic N) is 2. The number of amidine groups is 1. The van der Waals surface area contributed by atoms with Gasteiger partial charge in [-0.15, -0.1) is 0 Å². The third-order valence-electron chi connectivity index (χ3n) is 4.00. The molecule has 2 heterocycles. The third-order valence-corrected chi connectivity index (χ3v) is 7.10. The van der Waals surface area contributed by atoms with Gasteiger partial charge in [0.25, 0.3) is 0 Å². The Balaban J connectivity index is 1.90. The minimum atomic E-state index is -3.00. The molecule has 0 saturated carbocycles. The highest BCUT2D eigenvalue weighted by molar-refractivity contribution is 8.14. The number of ether oxygens (including phenoxy) is 1. The molecule has 2 atom stereocenters. The van der Waals surface area contributed by atoms with Crippen LogP contribution in [-0.4, -0.2) is 50.0 Å². The van der Waals surface area contributed by atoms with Crippen LogP contribution >= 0.6 is 11.8 Å². The average molecular weight is 354 g/mol. The van der Waals surface area contributed by atoms with Crippen LogP contribution in [0, 0.1) is 5.92 Å². The van der Waals surface area contributed by atoms with Crippen molar-refractivity contribution in [3.05, 3.63) is 24.3 Å². The maximum atomic E-state index is 12.0. The summed E-state index contributed by atoms with van der Waals surface area (Å²) >= 11 is 1.71. The molecule has 23 heavy (non-hydrogen) atoms. The lowest BCUT2D eigenvalue weighted by Gasteiger charge is -2.26. The molecule has 1 fully saturated rings. The number of hydrogen-bond acceptors (Lipinski definition) is 6. The molecule has 0 aromatic heterocycles. The summed E-state index contributed by atoms with van der Waals surface area (Å²) in [6.07, 6.45) is 0. The van der Waals surface area contributed by atoms with Crippen LogP contribution in [0.4, 0.5) is 5.69 Å². The van der Waals surface area contributed by atoms with Gasteiger partial charge in [-0.1, -0.05) is 25.6 Å². The van der Waals surface area contributed by atoms with E-state index in [0.717, 1.165) is 22.4 Å². The van der Waals surface area contributed by atoms with Crippen molar-refractivity contribution in [3.63, 3.8) is 0 Å². The topological polar surface area (TPSA) is 59.0 Å². The van der Waals surface area contributed by atoms with Gasteiger partial charge >= 0.3 is 0 Å². The maximum Gasteiger partial charge on any atom is 0.164 e. The second-order valence-electron chi connectivity index (χ2n) is 6.40. The summed E-state index contributed by atoms with van der Waals surface area (Å²) in [5.74, 6) is 2.66. The van der Waals surface area contributed by atoms with E-state index in [4.69, 9.17) is 9.73 Å². The van der Waals surface area contributed by atoms with E-state index in [1.807, 2.05) is 24.3 Å². The highest BCUT2D eigenvalue weighted by Crippen LogP contribution is 2.36. The molecule has 1 saturated heterocycles. The van der Waals surface area contributed by atoms with Gasteiger partial charge in [-0.25, -0.2) is 8.42 Å². The summed E-state index contributed by atoms with van der Waals surface area (Å²) in [6, 6.07) is 7.52. The first-order valence-corrected chi connectivity index (χ1v) is 10.5. The van der Waals surface area contributed by atoms with E-state index in [1.54, 1.807) is 18.9 Å². The number of sulfone groups is 1. The molecule has 1 aromatic carbocycles. The first kappa shape index (κ1) is 16.6. The molecule has 2 aliphatic heterocycles. The van der Waals surface area contributed by atoms with Gasteiger partial charge in [-0.2, -0.15) is 0 Å². The Hall–Kier alpha value is -1.21. The number of rotatable bonds is 4. The molecule has 0 N–H and O–H groups in total. The first-order chi connectivity index (χ1) is 10.9. The minimum absolute atomic E-state index is 0.0805. The van der Waals surface area contributed by atoms with Gasteiger partial charge in [0.2, 0.25) is 0 Å². The van der Waals surface area contributed by atoms with Crippen LogP contribution in [0.3, 0.4) is 0 Å². The van der Waals surface area contributed by atoms with Crippen molar-refractivity contribution >= 4 is 32.5 Å². The SMILES string of the molecule is COc1ccc(N2C(SCC(C)C)=NC3CS(=O)(=O)CC32)cc1. The third kappa shape index (κ3) is 3.50. The van der Waals surface area contributed by atoms with E-state index in [2.05, 4.69) is 18.7 Å². The molecule has 126 valence electrons. The Bertz CT molecular complexity index is 699. The zero-order chi connectivity index (χ0) is 16.6. The summed E-state index contributed by atoms with van der Waals surface area (Å²) in [7, 11) is -1.36. The molecule has 7 heteroatoms. The Labute approximate surface area is 142 Å². The fourth-order valence-electron chi connectivity index (χ4n) is 2.92. The lowest BCUT2D eigenvalue weighted by molar-refractivity contribution is 0.415. The second kappa shape index (κ2) is 6.36. The Morgan fingerprint density at radius 3 is 2.61 bits per heavy atom. The Morgan fingerprint density at radius 1 is 1.30 bits per heavy atom. The maximum absolute atomic E-state index is 12.0. The van der Waals surface area contributed by atoms with Crippen molar-refractivity contribution in [2.45, 2.75) is 25.9 Å². The minimum Gasteiger partial charge on any atom is -0.497 e. The highest BCUT2D eigenvalue weighted by atomic mass is 32.2. The van der Waals surface area contributed by atoms with E-state index in [0.29, 0.717) is 5.92 Å². The van der Waals surface area contributed by atoms with E-state index in [-0.39, 0.29) is 23.6 Å². The van der Waals surface area contributed by atoms with Crippen molar-refractivity contribution < 1.29 is 13.2 Å². The molecule has 0 aliphatic carbocycles. The van der Waals surface area contributed by atoms with E-state index in [1.165, 1.54) is 0 Å². The standard InChI is InChI=1S/C16H22N2O3S2/c1-11(2)8-22-16-17-14-9-23(19,20)10-15(14)18(16)12-4-6-13(21-3)7-5-12/h4-7,11,14-15H,8-10H2,1-3H3. The van der Waals surface area contributed by atoms with Crippen LogP contribution in [0.1, 0.15) is 13.8 Å². The summed E-state index contributed by atoms with van der Waals surface area (Å²) < 4.78 is 29.2. The summed E-state index contributed by atoms with van der Waals surface area (Å²) in [6.45, 7) is 4.34. The number of fused-ring (bicyclic) bond motifs is 1. The smallest absolute Gasteiger partial charge is 0.164 e. The summed E-state index contributed by atoms with van der Waals surface area (Å²) in [4.78, 5) is 6.81. The molecule has 0 spiro atoms. The molecule has 2 aliphatic rings. The fraction of sp³-hybridized carbons (Fsp3) is 0.562. The van der Waals surface area contributed by atoms with Gasteiger partial charge in [0.15, 0.2) is 15.0 Å². The number of methoxy groups -OCH3 is 1. The van der Waals surface area contributed by atoms with Crippen LogP contribution in [-0.2, 0) is 9.84 Å². The van der Waals surface area contributed by atoms with E-state index in [9.17, 15) is 8.42 Å². The number of anilines is 1. The first-order valence-electron chi connectivity index (χ1n) is 7.74. The van der Waals surface area contributed by atoms with Crippen molar-refractivity contribution in [3.8, 4) is 5.75 Å². The van der Waals surface area contributed by atoms with Crippen molar-refractivity contribution in [1.82, 2.24) is 0 Å². The van der Waals surface area contributed by atoms with E-state index < -0.39 is 9.84 Å². The van der Waals surface area contributed by atoms with E-state index >= 15 is 0 Å². The number of aliphatic imine (C=N–C) groups is 1. The molecule has 2 unspecified atom stereocenters. The van der Waals surface area contributed by atoms with Crippen LogP contribution in [0.5, 0.6) is 5.75 Å². The molecular formula is C16H22N2O3S2. The van der Waals surface area contributed by atoms with Crippen LogP contribution < -0.4 is 9.64 Å². The molecule has 0 radical (unpaired) electrons.